The van der Waals surface area contributed by atoms with Gasteiger partial charge in [0.2, 0.25) is 0 Å². The topological polar surface area (TPSA) is 161 Å². The van der Waals surface area contributed by atoms with Crippen molar-refractivity contribution in [1.29, 1.82) is 0 Å². The van der Waals surface area contributed by atoms with Crippen LogP contribution in [0.25, 0.3) is 0 Å². The van der Waals surface area contributed by atoms with Gasteiger partial charge in [-0.1, -0.05) is 23.0 Å². The van der Waals surface area contributed by atoms with Crippen LogP contribution in [0.15, 0.2) is 32.6 Å². The van der Waals surface area contributed by atoms with Crippen LogP contribution < -0.4 is 11.1 Å². The number of fused-ring (bicyclic) bond motifs is 1. The largest absolute Gasteiger partial charge is 0.477 e. The smallest absolute Gasteiger partial charge is 0.353 e. The molecule has 1 fully saturated rings. The molecule has 3 rings (SSSR count). The zero-order valence-corrected chi connectivity index (χ0v) is 19.0. The van der Waals surface area contributed by atoms with E-state index >= 15 is 0 Å². The number of hydrogen-bond donors (Lipinski definition) is 4. The highest BCUT2D eigenvalue weighted by Gasteiger charge is 2.54. The minimum atomic E-state index is -1.21. The third-order valence-electron chi connectivity index (χ3n) is 4.28. The molecule has 0 spiro atoms. The molecule has 2 aliphatic heterocycles. The zero-order valence-electron chi connectivity index (χ0n) is 16.5. The Bertz CT molecular complexity index is 989. The first-order valence-electron chi connectivity index (χ1n) is 8.86. The monoisotopic (exact) mass is 484 g/mol. The molecule has 1 aromatic heterocycles. The number of nitrogen functional groups attached to an aromatic ring is 1. The lowest BCUT2D eigenvalue weighted by atomic mass is 10.0. The molecule has 0 saturated carbocycles. The Morgan fingerprint density at radius 3 is 2.84 bits per heavy atom. The van der Waals surface area contributed by atoms with Gasteiger partial charge < -0.3 is 26.3 Å². The number of thioether (sulfide) groups is 2. The Morgan fingerprint density at radius 2 is 2.26 bits per heavy atom. The van der Waals surface area contributed by atoms with Crippen LogP contribution in [0.5, 0.6) is 0 Å². The van der Waals surface area contributed by atoms with E-state index in [-0.39, 0.29) is 22.2 Å². The van der Waals surface area contributed by atoms with E-state index in [0.717, 1.165) is 11.3 Å². The maximum atomic E-state index is 12.7. The number of nitrogens with two attached hydrogens (primary N) is 1. The van der Waals surface area contributed by atoms with Gasteiger partial charge in [0.25, 0.3) is 11.8 Å². The van der Waals surface area contributed by atoms with Gasteiger partial charge in [0.05, 0.1) is 0 Å². The maximum Gasteiger partial charge on any atom is 0.353 e. The molecule has 1 saturated heterocycles. The molecule has 3 heterocycles. The first-order chi connectivity index (χ1) is 14.7. The van der Waals surface area contributed by atoms with Crippen molar-refractivity contribution in [3.8, 4) is 0 Å². The van der Waals surface area contributed by atoms with E-state index in [1.54, 1.807) is 5.41 Å². The first kappa shape index (κ1) is 23.1. The molecule has 0 aromatic carbocycles. The summed E-state index contributed by atoms with van der Waals surface area (Å²) in [4.78, 5) is 44.6. The second kappa shape index (κ2) is 9.72. The molecule has 2 atom stereocenters. The first-order valence-corrected chi connectivity index (χ1v) is 11.7. The summed E-state index contributed by atoms with van der Waals surface area (Å²) in [5, 5.41) is 27.2. The molecule has 11 nitrogen and oxygen atoms in total. The van der Waals surface area contributed by atoms with E-state index in [0.29, 0.717) is 17.2 Å². The van der Waals surface area contributed by atoms with Gasteiger partial charge in [-0.25, -0.2) is 9.78 Å². The van der Waals surface area contributed by atoms with Crippen molar-refractivity contribution in [1.82, 2.24) is 20.1 Å². The number of β-lactam (4-membered cyclic amide) rings is 1. The number of carbonyl (C=O) groups excluding carboxylic acids is 2. The lowest BCUT2D eigenvalue weighted by molar-refractivity contribution is -0.150. The van der Waals surface area contributed by atoms with Crippen LogP contribution in [-0.2, 0) is 14.4 Å². The van der Waals surface area contributed by atoms with E-state index in [2.05, 4.69) is 15.5 Å². The van der Waals surface area contributed by atoms with Crippen molar-refractivity contribution in [3.63, 3.8) is 0 Å². The standard InChI is InChI=1S/C17H20N6O5S3/c1-22(2)4-3-5-29-9-7-30-15-11(14(25)23(15)12(9)16(26)27)20-13(24)10(21-28)8-6-31-17(18)19-8/h3,5-6,11,15,28H,4,7H2,1-2H3,(H2,18,19)(H,20,24)(H,26,27)/b5-3-,21-10-/t11-,15-/m1/s1. The Balaban J connectivity index is 1.72. The van der Waals surface area contributed by atoms with Crippen LogP contribution in [0.2, 0.25) is 0 Å². The van der Waals surface area contributed by atoms with Gasteiger partial charge in [-0.2, -0.15) is 0 Å². The number of rotatable bonds is 8. The molecular formula is C17H20N6O5S3. The number of amides is 2. The normalized spacial score (nSPS) is 21.5. The minimum Gasteiger partial charge on any atom is -0.477 e. The Hall–Kier alpha value is -2.55. The van der Waals surface area contributed by atoms with Crippen LogP contribution in [0, 0.1) is 0 Å². The molecule has 166 valence electrons. The number of carboxylic acids is 1. The van der Waals surface area contributed by atoms with Crippen molar-refractivity contribution in [2.24, 2.45) is 5.16 Å². The van der Waals surface area contributed by atoms with E-state index in [1.165, 1.54) is 33.8 Å². The number of thiazole rings is 1. The fourth-order valence-corrected chi connectivity index (χ4v) is 5.75. The van der Waals surface area contributed by atoms with Gasteiger partial charge in [0.15, 0.2) is 10.8 Å². The third kappa shape index (κ3) is 4.87. The van der Waals surface area contributed by atoms with E-state index in [1.807, 2.05) is 25.1 Å². The molecule has 0 unspecified atom stereocenters. The molecule has 0 bridgehead atoms. The SMILES string of the molecule is CN(C)C/C=C\SC1=C(C(=O)O)N2C(=O)[C@@H](NC(=O)/C(=N\O)c3csc(N)n3)[C@H]2SC1. The zero-order chi connectivity index (χ0) is 22.7. The van der Waals surface area contributed by atoms with Gasteiger partial charge in [0, 0.05) is 22.6 Å². The summed E-state index contributed by atoms with van der Waals surface area (Å²) in [6, 6.07) is -0.949. The number of aromatic nitrogens is 1. The lowest BCUT2D eigenvalue weighted by Gasteiger charge is -2.49. The molecule has 31 heavy (non-hydrogen) atoms. The highest BCUT2D eigenvalue weighted by Crippen LogP contribution is 2.43. The van der Waals surface area contributed by atoms with Gasteiger partial charge in [-0.15, -0.1) is 23.1 Å². The molecule has 1 aromatic rings. The summed E-state index contributed by atoms with van der Waals surface area (Å²) in [6.45, 7) is 0.703. The second-order valence-corrected chi connectivity index (χ2v) is 9.70. The average Bonchev–Trinajstić information content (AvgIpc) is 3.14. The number of carbonyl (C=O) groups is 3. The molecule has 5 N–H and O–H groups in total. The highest BCUT2D eigenvalue weighted by atomic mass is 32.2. The highest BCUT2D eigenvalue weighted by molar-refractivity contribution is 8.08. The van der Waals surface area contributed by atoms with Crippen molar-refractivity contribution in [2.75, 3.05) is 32.1 Å². The number of oxime groups is 1. The summed E-state index contributed by atoms with van der Waals surface area (Å²) >= 11 is 3.68. The number of nitrogens with one attached hydrogen (secondary N) is 1. The number of nitrogens with zero attached hydrogens (tertiary/aromatic N) is 4. The summed E-state index contributed by atoms with van der Waals surface area (Å²) in [5.74, 6) is -2.18. The van der Waals surface area contributed by atoms with Crippen LogP contribution >= 0.6 is 34.9 Å². The molecule has 2 amide bonds. The summed E-state index contributed by atoms with van der Waals surface area (Å²) in [7, 11) is 3.84. The summed E-state index contributed by atoms with van der Waals surface area (Å²) in [5.41, 5.74) is 5.16. The molecule has 0 radical (unpaired) electrons. The number of hydrogen-bond acceptors (Lipinski definition) is 11. The number of likely N-dealkylation sites (N-methyl/N-ethyl adjacent to an activating group) is 1. The Morgan fingerprint density at radius 1 is 1.52 bits per heavy atom. The fourth-order valence-electron chi connectivity index (χ4n) is 2.88. The second-order valence-electron chi connectivity index (χ2n) is 6.71. The van der Waals surface area contributed by atoms with Crippen molar-refractivity contribution in [2.45, 2.75) is 11.4 Å². The molecule has 0 aliphatic carbocycles. The predicted molar refractivity (Wildman–Crippen MR) is 120 cm³/mol. The van der Waals surface area contributed by atoms with Crippen LogP contribution in [0.1, 0.15) is 5.69 Å². The maximum absolute atomic E-state index is 12.7. The summed E-state index contributed by atoms with van der Waals surface area (Å²) in [6.07, 6.45) is 1.90. The van der Waals surface area contributed by atoms with Gasteiger partial charge in [-0.05, 0) is 19.5 Å². The number of anilines is 1. The fraction of sp³-hybridized carbons (Fsp3) is 0.353. The van der Waals surface area contributed by atoms with Gasteiger partial charge >= 0.3 is 5.97 Å². The van der Waals surface area contributed by atoms with E-state index in [9.17, 15) is 24.7 Å². The average molecular weight is 485 g/mol. The van der Waals surface area contributed by atoms with Gasteiger partial charge in [-0.3, -0.25) is 14.5 Å². The van der Waals surface area contributed by atoms with Crippen LogP contribution in [0.4, 0.5) is 5.13 Å². The van der Waals surface area contributed by atoms with Crippen LogP contribution in [-0.4, -0.2) is 86.4 Å². The van der Waals surface area contributed by atoms with Crippen molar-refractivity contribution >= 4 is 63.5 Å². The Kier molecular flexibility index (Phi) is 7.25. The van der Waals surface area contributed by atoms with Gasteiger partial charge in [0.1, 0.15) is 22.8 Å². The summed E-state index contributed by atoms with van der Waals surface area (Å²) < 4.78 is 0. The van der Waals surface area contributed by atoms with Crippen molar-refractivity contribution < 1.29 is 24.7 Å². The van der Waals surface area contributed by atoms with E-state index < -0.39 is 29.2 Å². The van der Waals surface area contributed by atoms with Crippen molar-refractivity contribution in [3.05, 3.63) is 33.2 Å². The van der Waals surface area contributed by atoms with Crippen LogP contribution in [0.3, 0.4) is 0 Å². The molecular weight excluding hydrogens is 464 g/mol. The minimum absolute atomic E-state index is 0.0803. The Labute approximate surface area is 190 Å². The predicted octanol–water partition coefficient (Wildman–Crippen LogP) is 0.408. The number of carboxylic acid groups (broad SMARTS) is 1. The quantitative estimate of drug-likeness (QED) is 0.176. The number of aliphatic carboxylic acids is 1. The third-order valence-corrected chi connectivity index (χ3v) is 7.37. The lowest BCUT2D eigenvalue weighted by Crippen LogP contribution is -2.71. The van der Waals surface area contributed by atoms with E-state index in [4.69, 9.17) is 5.73 Å². The molecule has 14 heteroatoms. The molecule has 2 aliphatic rings.